The average molecular weight is 388 g/mol. The van der Waals surface area contributed by atoms with E-state index in [1.165, 1.54) is 0 Å². The molecule has 0 aromatic carbocycles. The Balaban J connectivity index is 4.27. The molecule has 0 rings (SSSR count). The molecule has 0 amide bonds. The lowest BCUT2D eigenvalue weighted by Gasteiger charge is -2.00. The molecule has 4 nitrogen and oxygen atoms in total. The fourth-order valence-corrected chi connectivity index (χ4v) is 1.04. The van der Waals surface area contributed by atoms with Gasteiger partial charge >= 0.3 is 5.97 Å². The van der Waals surface area contributed by atoms with Gasteiger partial charge in [-0.1, -0.05) is 5.92 Å². The smallest absolute Gasteiger partial charge is 0.385 e. The zero-order chi connectivity index (χ0) is 22.0. The van der Waals surface area contributed by atoms with Crippen molar-refractivity contribution in [2.45, 2.75) is 6.92 Å². The Morgan fingerprint density at radius 1 is 0.600 bits per heavy atom. The predicted octanol–water partition coefficient (Wildman–Crippen LogP) is -0.408. The van der Waals surface area contributed by atoms with Crippen molar-refractivity contribution in [3.63, 3.8) is 0 Å². The van der Waals surface area contributed by atoms with E-state index in [9.17, 15) is 4.79 Å². The van der Waals surface area contributed by atoms with Gasteiger partial charge in [0.2, 0.25) is 0 Å². The Hall–Kier alpha value is -5.01. The van der Waals surface area contributed by atoms with Gasteiger partial charge in [-0.2, -0.15) is 0 Å². The summed E-state index contributed by atoms with van der Waals surface area (Å²) in [5.74, 6) is 48.3. The molecule has 0 aliphatic carbocycles. The molecule has 0 radical (unpaired) electrons. The van der Waals surface area contributed by atoms with Crippen molar-refractivity contribution in [1.82, 2.24) is 0 Å². The molecule has 0 atom stereocenters. The van der Waals surface area contributed by atoms with E-state index in [-0.39, 0.29) is 26.4 Å². The number of rotatable bonds is 5. The van der Waals surface area contributed by atoms with Crippen LogP contribution in [-0.2, 0) is 14.3 Å². The predicted molar refractivity (Wildman–Crippen MR) is 112 cm³/mol. The van der Waals surface area contributed by atoms with E-state index in [1.54, 1.807) is 6.92 Å². The topological polar surface area (TPSA) is 55.8 Å². The summed E-state index contributed by atoms with van der Waals surface area (Å²) in [6.07, 6.45) is 0. The van der Waals surface area contributed by atoms with Crippen molar-refractivity contribution in [2.75, 3.05) is 26.4 Å². The Morgan fingerprint density at radius 3 is 1.40 bits per heavy atom. The van der Waals surface area contributed by atoms with Gasteiger partial charge in [0.25, 0.3) is 0 Å². The number of aliphatic hydroxyl groups excluding tert-OH is 1. The lowest BCUT2D eigenvalue weighted by atomic mass is 10.4. The van der Waals surface area contributed by atoms with Gasteiger partial charge in [-0.3, -0.25) is 0 Å². The summed E-state index contributed by atoms with van der Waals surface area (Å²) in [7, 11) is 0. The standard InChI is InChI=1S/C26H12O4/c1-2-3-4-5-6-7-8-9-10-11-12-13-14-15-16-17-18-19-20-21-26(28)30-25-24-29-23-22-27/h27H,22-25H2,1H3. The number of carbonyl (C=O) groups is 1. The van der Waals surface area contributed by atoms with Gasteiger partial charge in [-0.15, -0.1) is 0 Å². The van der Waals surface area contributed by atoms with Crippen LogP contribution in [-0.4, -0.2) is 37.5 Å². The highest BCUT2D eigenvalue weighted by molar-refractivity contribution is 5.89. The fraction of sp³-hybridized carbons (Fsp3) is 0.192. The van der Waals surface area contributed by atoms with Crippen molar-refractivity contribution in [1.29, 1.82) is 0 Å². The average Bonchev–Trinajstić information content (AvgIpc) is 2.75. The summed E-state index contributed by atoms with van der Waals surface area (Å²) < 4.78 is 9.64. The maximum Gasteiger partial charge on any atom is 0.385 e. The molecule has 0 bridgehead atoms. The molecule has 0 aliphatic heterocycles. The minimum atomic E-state index is -0.728. The zero-order valence-electron chi connectivity index (χ0n) is 16.0. The summed E-state index contributed by atoms with van der Waals surface area (Å²) in [5, 5.41) is 8.49. The molecule has 0 saturated carbocycles. The third-order valence-corrected chi connectivity index (χ3v) is 2.05. The minimum Gasteiger partial charge on any atom is -0.454 e. The number of aliphatic hydroxyl groups is 1. The summed E-state index contributed by atoms with van der Waals surface area (Å²) >= 11 is 0. The van der Waals surface area contributed by atoms with Gasteiger partial charge in [-0.25, -0.2) is 4.79 Å². The van der Waals surface area contributed by atoms with Crippen LogP contribution in [0.25, 0.3) is 0 Å². The number of hydrogen-bond donors (Lipinski definition) is 1. The largest absolute Gasteiger partial charge is 0.454 e. The first kappa shape index (κ1) is 25.0. The van der Waals surface area contributed by atoms with E-state index < -0.39 is 5.97 Å². The Morgan fingerprint density at radius 2 is 1.00 bits per heavy atom. The van der Waals surface area contributed by atoms with Crippen LogP contribution in [0.2, 0.25) is 0 Å². The molecular weight excluding hydrogens is 376 g/mol. The molecule has 30 heavy (non-hydrogen) atoms. The SMILES string of the molecule is CC#CC#CC#CC#CC#CC#CC#CC#CC#CC#CC(=O)OCCOCCO. The molecule has 0 saturated heterocycles. The molecular formula is C26H12O4. The molecule has 1 N–H and O–H groups in total. The first-order valence-electron chi connectivity index (χ1n) is 8.09. The van der Waals surface area contributed by atoms with Gasteiger partial charge in [0, 0.05) is 17.8 Å². The van der Waals surface area contributed by atoms with Crippen LogP contribution < -0.4 is 0 Å². The molecule has 4 heteroatoms. The number of hydrogen-bond acceptors (Lipinski definition) is 4. The van der Waals surface area contributed by atoms with Gasteiger partial charge in [0.15, 0.2) is 0 Å². The van der Waals surface area contributed by atoms with E-state index in [2.05, 4.69) is 118 Å². The van der Waals surface area contributed by atoms with E-state index in [4.69, 9.17) is 14.6 Å². The van der Waals surface area contributed by atoms with Gasteiger partial charge < -0.3 is 14.6 Å². The van der Waals surface area contributed by atoms with Crippen molar-refractivity contribution >= 4 is 5.97 Å². The Labute approximate surface area is 177 Å². The molecule has 0 aromatic heterocycles. The summed E-state index contributed by atoms with van der Waals surface area (Å²) in [6.45, 7) is 2.02. The lowest BCUT2D eigenvalue weighted by molar-refractivity contribution is -0.138. The van der Waals surface area contributed by atoms with Crippen LogP contribution in [0.3, 0.4) is 0 Å². The molecule has 0 spiro atoms. The third-order valence-electron chi connectivity index (χ3n) is 2.05. The van der Waals surface area contributed by atoms with Crippen molar-refractivity contribution in [3.05, 3.63) is 0 Å². The van der Waals surface area contributed by atoms with Gasteiger partial charge in [0.1, 0.15) is 6.61 Å². The van der Waals surface area contributed by atoms with E-state index in [0.717, 1.165) is 0 Å². The maximum absolute atomic E-state index is 11.2. The monoisotopic (exact) mass is 388 g/mol. The summed E-state index contributed by atoms with van der Waals surface area (Å²) in [6, 6.07) is 0. The van der Waals surface area contributed by atoms with Crippen LogP contribution in [0.4, 0.5) is 0 Å². The minimum absolute atomic E-state index is 0.0484. The summed E-state index contributed by atoms with van der Waals surface area (Å²) in [5.41, 5.74) is 0. The van der Waals surface area contributed by atoms with Crippen LogP contribution in [0.1, 0.15) is 6.92 Å². The molecule has 0 aromatic rings. The maximum atomic E-state index is 11.2. The highest BCUT2D eigenvalue weighted by Crippen LogP contribution is 1.79. The first-order valence-corrected chi connectivity index (χ1v) is 8.09. The molecule has 0 aliphatic rings. The molecule has 0 unspecified atom stereocenters. The number of carbonyl (C=O) groups excluding carboxylic acids is 1. The molecule has 0 fully saturated rings. The first-order chi connectivity index (χ1) is 14.8. The van der Waals surface area contributed by atoms with Crippen molar-refractivity contribution < 1.29 is 19.4 Å². The van der Waals surface area contributed by atoms with Crippen LogP contribution >= 0.6 is 0 Å². The molecule has 140 valence electrons. The second-order valence-corrected chi connectivity index (χ2v) is 4.10. The van der Waals surface area contributed by atoms with Crippen molar-refractivity contribution in [2.24, 2.45) is 0 Å². The van der Waals surface area contributed by atoms with E-state index in [1.807, 2.05) is 0 Å². The quantitative estimate of drug-likeness (QED) is 0.301. The Kier molecular flexibility index (Phi) is 18.4. The Bertz CT molecular complexity index is 1230. The van der Waals surface area contributed by atoms with E-state index >= 15 is 0 Å². The second-order valence-electron chi connectivity index (χ2n) is 4.10. The van der Waals surface area contributed by atoms with Crippen LogP contribution in [0.15, 0.2) is 0 Å². The fourth-order valence-electron chi connectivity index (χ4n) is 1.04. The van der Waals surface area contributed by atoms with Crippen LogP contribution in [0, 0.1) is 118 Å². The normalized spacial score (nSPS) is 5.80. The van der Waals surface area contributed by atoms with Gasteiger partial charge in [0.05, 0.1) is 19.8 Å². The summed E-state index contributed by atoms with van der Waals surface area (Å²) in [4.78, 5) is 11.2. The molecule has 0 heterocycles. The third kappa shape index (κ3) is 21.0. The van der Waals surface area contributed by atoms with E-state index in [0.29, 0.717) is 0 Å². The van der Waals surface area contributed by atoms with Crippen LogP contribution in [0.5, 0.6) is 0 Å². The second kappa shape index (κ2) is 22.0. The van der Waals surface area contributed by atoms with Gasteiger partial charge in [-0.05, 0) is 102 Å². The zero-order valence-corrected chi connectivity index (χ0v) is 16.0. The number of esters is 1. The number of ether oxygens (including phenoxy) is 2. The highest BCUT2D eigenvalue weighted by atomic mass is 16.6. The van der Waals surface area contributed by atoms with Crippen molar-refractivity contribution in [3.8, 4) is 118 Å². The highest BCUT2D eigenvalue weighted by Gasteiger charge is 1.95. The lowest BCUT2D eigenvalue weighted by Crippen LogP contribution is -2.10.